The van der Waals surface area contributed by atoms with E-state index in [0.29, 0.717) is 17.8 Å². The third kappa shape index (κ3) is 2.27. The molecule has 0 aliphatic carbocycles. The van der Waals surface area contributed by atoms with Crippen molar-refractivity contribution in [2.75, 3.05) is 0 Å². The molecule has 0 atom stereocenters. The highest BCUT2D eigenvalue weighted by Crippen LogP contribution is 2.46. The summed E-state index contributed by atoms with van der Waals surface area (Å²) in [6, 6.07) is 8.90. The van der Waals surface area contributed by atoms with Gasteiger partial charge in [-0.2, -0.15) is 0 Å². The smallest absolute Gasteiger partial charge is 0.00245 e. The molecule has 0 amide bonds. The summed E-state index contributed by atoms with van der Waals surface area (Å²) >= 11 is 0. The van der Waals surface area contributed by atoms with Crippen LogP contribution >= 0.6 is 0 Å². The maximum absolute atomic E-state index is 2.37. The van der Waals surface area contributed by atoms with Gasteiger partial charge in [-0.05, 0) is 35.8 Å². The van der Waals surface area contributed by atoms with E-state index in [-0.39, 0.29) is 5.41 Å². The van der Waals surface area contributed by atoms with Crippen molar-refractivity contribution < 1.29 is 0 Å². The van der Waals surface area contributed by atoms with E-state index in [1.54, 1.807) is 5.56 Å². The van der Waals surface area contributed by atoms with Crippen LogP contribution in [-0.2, 0) is 5.41 Å². The van der Waals surface area contributed by atoms with E-state index < -0.39 is 0 Å². The summed E-state index contributed by atoms with van der Waals surface area (Å²) in [5.74, 6) is 1.97. The van der Waals surface area contributed by atoms with Crippen molar-refractivity contribution in [2.24, 2.45) is 17.8 Å². The zero-order valence-electron chi connectivity index (χ0n) is 12.5. The molecule has 96 valence electrons. The molecule has 1 aromatic rings. The summed E-state index contributed by atoms with van der Waals surface area (Å²) in [4.78, 5) is 0. The van der Waals surface area contributed by atoms with Gasteiger partial charge in [-0.15, -0.1) is 0 Å². The van der Waals surface area contributed by atoms with Gasteiger partial charge in [0.05, 0.1) is 0 Å². The van der Waals surface area contributed by atoms with E-state index >= 15 is 0 Å². The van der Waals surface area contributed by atoms with Crippen molar-refractivity contribution in [1.82, 2.24) is 0 Å². The van der Waals surface area contributed by atoms with Crippen molar-refractivity contribution >= 4 is 0 Å². The fourth-order valence-corrected chi connectivity index (χ4v) is 3.99. The Labute approximate surface area is 107 Å². The van der Waals surface area contributed by atoms with Crippen LogP contribution in [0.2, 0.25) is 0 Å². The zero-order valence-corrected chi connectivity index (χ0v) is 12.5. The van der Waals surface area contributed by atoms with Crippen molar-refractivity contribution in [2.45, 2.75) is 53.9 Å². The molecule has 0 saturated carbocycles. The Morgan fingerprint density at radius 2 is 1.18 bits per heavy atom. The summed E-state index contributed by atoms with van der Waals surface area (Å²) in [5.41, 5.74) is 3.26. The topological polar surface area (TPSA) is 0 Å². The van der Waals surface area contributed by atoms with Crippen molar-refractivity contribution in [3.8, 4) is 0 Å². The average molecular weight is 232 g/mol. The highest BCUT2D eigenvalue weighted by Gasteiger charge is 2.42. The molecule has 0 heteroatoms. The minimum Gasteiger partial charge on any atom is -0.0620 e. The summed E-state index contributed by atoms with van der Waals surface area (Å²) in [7, 11) is 0. The average Bonchev–Trinajstić information content (AvgIpc) is 2.19. The Morgan fingerprint density at radius 3 is 1.53 bits per heavy atom. The minimum absolute atomic E-state index is 0.283. The molecule has 0 N–H and O–H groups in total. The molecule has 0 fully saturated rings. The lowest BCUT2D eigenvalue weighted by Crippen LogP contribution is -2.43. The van der Waals surface area contributed by atoms with Crippen LogP contribution in [0.15, 0.2) is 24.3 Å². The van der Waals surface area contributed by atoms with Crippen LogP contribution in [0.5, 0.6) is 0 Å². The molecule has 0 unspecified atom stereocenters. The third-order valence-electron chi connectivity index (χ3n) is 4.48. The van der Waals surface area contributed by atoms with Crippen LogP contribution in [0, 0.1) is 24.7 Å². The van der Waals surface area contributed by atoms with Gasteiger partial charge in [-0.25, -0.2) is 0 Å². The van der Waals surface area contributed by atoms with Gasteiger partial charge in [0.2, 0.25) is 0 Å². The van der Waals surface area contributed by atoms with E-state index in [1.807, 2.05) is 0 Å². The number of benzene rings is 1. The monoisotopic (exact) mass is 232 g/mol. The Balaban J connectivity index is 3.48. The Hall–Kier alpha value is -0.780. The van der Waals surface area contributed by atoms with Gasteiger partial charge in [0.15, 0.2) is 0 Å². The van der Waals surface area contributed by atoms with Crippen LogP contribution in [0.25, 0.3) is 0 Å². The standard InChI is InChI=1S/C17H28/c1-12(2)17(13(3)4,14(5)6)16-11-9-8-10-15(16)7/h8-14H,1-7H3. The maximum atomic E-state index is 2.37. The summed E-state index contributed by atoms with van der Waals surface area (Å²) in [6.07, 6.45) is 0. The first-order valence-electron chi connectivity index (χ1n) is 6.91. The van der Waals surface area contributed by atoms with E-state index in [1.165, 1.54) is 5.56 Å². The van der Waals surface area contributed by atoms with Crippen molar-refractivity contribution in [3.05, 3.63) is 35.4 Å². The molecule has 1 aromatic carbocycles. The third-order valence-corrected chi connectivity index (χ3v) is 4.48. The number of aryl methyl sites for hydroxylation is 1. The van der Waals surface area contributed by atoms with Crippen molar-refractivity contribution in [1.29, 1.82) is 0 Å². The second kappa shape index (κ2) is 5.25. The van der Waals surface area contributed by atoms with Gasteiger partial charge in [0.25, 0.3) is 0 Å². The normalized spacial score (nSPS) is 12.8. The Morgan fingerprint density at radius 1 is 0.765 bits per heavy atom. The van der Waals surface area contributed by atoms with Gasteiger partial charge in [0, 0.05) is 5.41 Å². The molecular weight excluding hydrogens is 204 g/mol. The van der Waals surface area contributed by atoms with Gasteiger partial charge in [0.1, 0.15) is 0 Å². The molecule has 0 nitrogen and oxygen atoms in total. The minimum atomic E-state index is 0.283. The first-order chi connectivity index (χ1) is 7.85. The Kier molecular flexibility index (Phi) is 4.41. The van der Waals surface area contributed by atoms with Gasteiger partial charge >= 0.3 is 0 Å². The van der Waals surface area contributed by atoms with Crippen LogP contribution in [-0.4, -0.2) is 0 Å². The zero-order chi connectivity index (χ0) is 13.2. The van der Waals surface area contributed by atoms with Crippen LogP contribution in [0.1, 0.15) is 52.7 Å². The van der Waals surface area contributed by atoms with Crippen molar-refractivity contribution in [3.63, 3.8) is 0 Å². The molecule has 0 aromatic heterocycles. The highest BCUT2D eigenvalue weighted by molar-refractivity contribution is 5.35. The first-order valence-corrected chi connectivity index (χ1v) is 6.91. The van der Waals surface area contributed by atoms with E-state index in [2.05, 4.69) is 72.7 Å². The largest absolute Gasteiger partial charge is 0.0620 e. The van der Waals surface area contributed by atoms with Crippen LogP contribution in [0.4, 0.5) is 0 Å². The lowest BCUT2D eigenvalue weighted by molar-refractivity contribution is 0.147. The maximum Gasteiger partial charge on any atom is 0.00245 e. The lowest BCUT2D eigenvalue weighted by Gasteiger charge is -2.46. The van der Waals surface area contributed by atoms with Gasteiger partial charge < -0.3 is 0 Å². The number of rotatable bonds is 4. The molecule has 0 spiro atoms. The molecule has 1 rings (SSSR count). The van der Waals surface area contributed by atoms with E-state index in [9.17, 15) is 0 Å². The molecule has 0 aliphatic heterocycles. The van der Waals surface area contributed by atoms with Crippen LogP contribution in [0.3, 0.4) is 0 Å². The molecule has 0 bridgehead atoms. The first kappa shape index (κ1) is 14.3. The lowest BCUT2D eigenvalue weighted by atomic mass is 9.58. The molecule has 0 heterocycles. The fourth-order valence-electron chi connectivity index (χ4n) is 3.99. The molecule has 0 saturated heterocycles. The highest BCUT2D eigenvalue weighted by atomic mass is 14.5. The second-order valence-corrected chi connectivity index (χ2v) is 6.21. The van der Waals surface area contributed by atoms with Crippen LogP contribution < -0.4 is 0 Å². The summed E-state index contributed by atoms with van der Waals surface area (Å²) < 4.78 is 0. The fraction of sp³-hybridized carbons (Fsp3) is 0.647. The number of hydrogen-bond donors (Lipinski definition) is 0. The molecule has 0 aliphatic rings. The summed E-state index contributed by atoms with van der Waals surface area (Å²) in [6.45, 7) is 16.5. The predicted octanol–water partition coefficient (Wildman–Crippen LogP) is 5.20. The Bertz CT molecular complexity index is 336. The predicted molar refractivity (Wildman–Crippen MR) is 77.4 cm³/mol. The SMILES string of the molecule is Cc1ccccc1C(C(C)C)(C(C)C)C(C)C. The summed E-state index contributed by atoms with van der Waals surface area (Å²) in [5, 5.41) is 0. The molecule has 17 heavy (non-hydrogen) atoms. The number of hydrogen-bond acceptors (Lipinski definition) is 0. The van der Waals surface area contributed by atoms with Gasteiger partial charge in [-0.1, -0.05) is 65.8 Å². The molecule has 0 radical (unpaired) electrons. The van der Waals surface area contributed by atoms with E-state index in [0.717, 1.165) is 0 Å². The van der Waals surface area contributed by atoms with Gasteiger partial charge in [-0.3, -0.25) is 0 Å². The second-order valence-electron chi connectivity index (χ2n) is 6.21. The quantitative estimate of drug-likeness (QED) is 0.669. The van der Waals surface area contributed by atoms with E-state index in [4.69, 9.17) is 0 Å². The molecular formula is C17H28.